The lowest BCUT2D eigenvalue weighted by Crippen LogP contribution is -2.16. The maximum atomic E-state index is 12.1. The summed E-state index contributed by atoms with van der Waals surface area (Å²) in [5.41, 5.74) is 0. The van der Waals surface area contributed by atoms with Crippen molar-refractivity contribution in [1.29, 1.82) is 0 Å². The zero-order valence-electron chi connectivity index (χ0n) is 11.8. The molecule has 5 nitrogen and oxygen atoms in total. The summed E-state index contributed by atoms with van der Waals surface area (Å²) in [6, 6.07) is 0. The molecule has 1 heterocycles. The summed E-state index contributed by atoms with van der Waals surface area (Å²) in [6.45, 7) is 0.546. The van der Waals surface area contributed by atoms with Crippen LogP contribution in [0.15, 0.2) is 5.16 Å². The molecule has 2 fully saturated rings. The molecule has 0 saturated heterocycles. The van der Waals surface area contributed by atoms with Crippen molar-refractivity contribution in [2.45, 2.75) is 68.5 Å². The van der Waals surface area contributed by atoms with E-state index in [1.54, 1.807) is 0 Å². The van der Waals surface area contributed by atoms with Crippen LogP contribution in [0, 0.1) is 0 Å². The van der Waals surface area contributed by atoms with Gasteiger partial charge in [-0.2, -0.15) is 0 Å². The van der Waals surface area contributed by atoms with Crippen molar-refractivity contribution in [3.05, 3.63) is 5.82 Å². The number of hydrogen-bond acceptors (Lipinski definition) is 4. The van der Waals surface area contributed by atoms with Gasteiger partial charge in [0.1, 0.15) is 5.82 Å². The van der Waals surface area contributed by atoms with Crippen molar-refractivity contribution in [3.8, 4) is 0 Å². The van der Waals surface area contributed by atoms with Crippen LogP contribution in [0.2, 0.25) is 0 Å². The van der Waals surface area contributed by atoms with E-state index < -0.39 is 10.8 Å². The maximum absolute atomic E-state index is 12.1. The first-order chi connectivity index (χ1) is 9.83. The molecule has 3 rings (SSSR count). The Morgan fingerprint density at radius 1 is 1.15 bits per heavy atom. The van der Waals surface area contributed by atoms with E-state index in [0.717, 1.165) is 18.7 Å². The lowest BCUT2D eigenvalue weighted by molar-refractivity contribution is 0.0539. The minimum absolute atomic E-state index is 0.365. The van der Waals surface area contributed by atoms with Crippen molar-refractivity contribution >= 4 is 10.8 Å². The molecule has 0 amide bonds. The van der Waals surface area contributed by atoms with Crippen LogP contribution in [0.5, 0.6) is 0 Å². The highest BCUT2D eigenvalue weighted by molar-refractivity contribution is 7.84. The van der Waals surface area contributed by atoms with Crippen LogP contribution < -0.4 is 0 Å². The van der Waals surface area contributed by atoms with E-state index in [9.17, 15) is 4.21 Å². The highest BCUT2D eigenvalue weighted by Crippen LogP contribution is 2.37. The Morgan fingerprint density at radius 2 is 1.90 bits per heavy atom. The van der Waals surface area contributed by atoms with Gasteiger partial charge in [0.15, 0.2) is 0 Å². The standard InChI is InChI=1S/C14H23N3O2S/c18-20(14-15-13(16-17-14)11-7-8-11)10-9-19-12-5-3-1-2-4-6-12/h11-12H,1-10H2,(H,15,16,17)/t20-/m0/s1. The molecule has 2 aliphatic rings. The Labute approximate surface area is 122 Å². The number of nitrogens with one attached hydrogen (secondary N) is 1. The molecule has 6 heteroatoms. The molecule has 1 atom stereocenters. The molecule has 2 saturated carbocycles. The van der Waals surface area contributed by atoms with E-state index in [0.29, 0.717) is 29.5 Å². The van der Waals surface area contributed by atoms with E-state index in [1.807, 2.05) is 0 Å². The van der Waals surface area contributed by atoms with Gasteiger partial charge < -0.3 is 4.74 Å². The Balaban J connectivity index is 1.41. The molecule has 20 heavy (non-hydrogen) atoms. The van der Waals surface area contributed by atoms with Gasteiger partial charge in [-0.25, -0.2) is 4.98 Å². The average molecular weight is 297 g/mol. The summed E-state index contributed by atoms with van der Waals surface area (Å²) in [5, 5.41) is 7.41. The van der Waals surface area contributed by atoms with Crippen LogP contribution >= 0.6 is 0 Å². The average Bonchev–Trinajstić information content (AvgIpc) is 3.23. The molecule has 0 aliphatic heterocycles. The van der Waals surface area contributed by atoms with E-state index in [1.165, 1.54) is 38.5 Å². The second-order valence-corrected chi connectivity index (χ2v) is 7.28. The predicted molar refractivity (Wildman–Crippen MR) is 77.1 cm³/mol. The van der Waals surface area contributed by atoms with Crippen molar-refractivity contribution < 1.29 is 8.95 Å². The van der Waals surface area contributed by atoms with Gasteiger partial charge in [-0.1, -0.05) is 25.7 Å². The van der Waals surface area contributed by atoms with Crippen molar-refractivity contribution in [1.82, 2.24) is 15.2 Å². The number of aromatic amines is 1. The highest BCUT2D eigenvalue weighted by atomic mass is 32.2. The number of H-pyrrole nitrogens is 1. The fraction of sp³-hybridized carbons (Fsp3) is 0.857. The maximum Gasteiger partial charge on any atom is 0.238 e. The van der Waals surface area contributed by atoms with Crippen LogP contribution in [-0.4, -0.2) is 37.9 Å². The second-order valence-electron chi connectivity index (χ2n) is 5.81. The normalized spacial score (nSPS) is 22.6. The molecule has 0 spiro atoms. The summed E-state index contributed by atoms with van der Waals surface area (Å²) < 4.78 is 18.0. The van der Waals surface area contributed by atoms with Crippen LogP contribution in [-0.2, 0) is 15.5 Å². The number of rotatable bonds is 6. The van der Waals surface area contributed by atoms with Crippen molar-refractivity contribution in [2.24, 2.45) is 0 Å². The van der Waals surface area contributed by atoms with Gasteiger partial charge in [-0.3, -0.25) is 9.31 Å². The SMILES string of the molecule is O=[S@@](CCOC1CCCCCC1)c1n[nH]c(C2CC2)n1. The molecular formula is C14H23N3O2S. The lowest BCUT2D eigenvalue weighted by atomic mass is 10.1. The fourth-order valence-electron chi connectivity index (χ4n) is 2.69. The van der Waals surface area contributed by atoms with Crippen molar-refractivity contribution in [2.75, 3.05) is 12.4 Å². The molecule has 0 bridgehead atoms. The molecule has 2 aliphatic carbocycles. The predicted octanol–water partition coefficient (Wildman–Crippen LogP) is 2.53. The lowest BCUT2D eigenvalue weighted by Gasteiger charge is -2.14. The smallest absolute Gasteiger partial charge is 0.238 e. The molecular weight excluding hydrogens is 274 g/mol. The number of aromatic nitrogens is 3. The highest BCUT2D eigenvalue weighted by Gasteiger charge is 2.27. The van der Waals surface area contributed by atoms with Crippen LogP contribution in [0.1, 0.15) is 63.1 Å². The topological polar surface area (TPSA) is 67.9 Å². The Morgan fingerprint density at radius 3 is 2.60 bits per heavy atom. The van der Waals surface area contributed by atoms with Gasteiger partial charge in [-0.05, 0) is 25.7 Å². The zero-order chi connectivity index (χ0) is 13.8. The molecule has 0 radical (unpaired) electrons. The summed E-state index contributed by atoms with van der Waals surface area (Å²) in [5.74, 6) is 1.92. The minimum atomic E-state index is -1.14. The van der Waals surface area contributed by atoms with Gasteiger partial charge in [0.2, 0.25) is 5.16 Å². The third-order valence-corrected chi connectivity index (χ3v) is 5.20. The summed E-state index contributed by atoms with van der Waals surface area (Å²) in [7, 11) is -1.14. The monoisotopic (exact) mass is 297 g/mol. The van der Waals surface area contributed by atoms with E-state index >= 15 is 0 Å². The number of nitrogens with zero attached hydrogens (tertiary/aromatic N) is 2. The largest absolute Gasteiger partial charge is 0.377 e. The fourth-order valence-corrected chi connectivity index (χ4v) is 3.47. The molecule has 112 valence electrons. The van der Waals surface area contributed by atoms with Gasteiger partial charge in [0, 0.05) is 5.92 Å². The zero-order valence-corrected chi connectivity index (χ0v) is 12.7. The van der Waals surface area contributed by atoms with Gasteiger partial charge in [0.05, 0.1) is 29.3 Å². The van der Waals surface area contributed by atoms with Crippen molar-refractivity contribution in [3.63, 3.8) is 0 Å². The molecule has 0 aromatic carbocycles. The summed E-state index contributed by atoms with van der Waals surface area (Å²) >= 11 is 0. The second kappa shape index (κ2) is 6.80. The third-order valence-electron chi connectivity index (χ3n) is 4.07. The quantitative estimate of drug-likeness (QED) is 0.819. The first-order valence-corrected chi connectivity index (χ1v) is 9.07. The first kappa shape index (κ1) is 14.2. The van der Waals surface area contributed by atoms with Crippen LogP contribution in [0.4, 0.5) is 0 Å². The van der Waals surface area contributed by atoms with Crippen LogP contribution in [0.3, 0.4) is 0 Å². The Bertz CT molecular complexity index is 451. The van der Waals surface area contributed by atoms with Gasteiger partial charge in [-0.15, -0.1) is 5.10 Å². The Kier molecular flexibility index (Phi) is 4.83. The summed E-state index contributed by atoms with van der Waals surface area (Å²) in [4.78, 5) is 4.33. The van der Waals surface area contributed by atoms with E-state index in [2.05, 4.69) is 15.2 Å². The number of ether oxygens (including phenoxy) is 1. The first-order valence-electron chi connectivity index (χ1n) is 7.75. The van der Waals surface area contributed by atoms with E-state index in [4.69, 9.17) is 4.74 Å². The minimum Gasteiger partial charge on any atom is -0.377 e. The summed E-state index contributed by atoms with van der Waals surface area (Å²) in [6.07, 6.45) is 10.2. The molecule has 1 aromatic rings. The third kappa shape index (κ3) is 3.88. The molecule has 1 aromatic heterocycles. The molecule has 1 N–H and O–H groups in total. The Hall–Kier alpha value is -0.750. The van der Waals surface area contributed by atoms with Gasteiger partial charge >= 0.3 is 0 Å². The molecule has 0 unspecified atom stereocenters. The van der Waals surface area contributed by atoms with E-state index in [-0.39, 0.29) is 0 Å². The number of hydrogen-bond donors (Lipinski definition) is 1. The van der Waals surface area contributed by atoms with Crippen LogP contribution in [0.25, 0.3) is 0 Å². The van der Waals surface area contributed by atoms with Gasteiger partial charge in [0.25, 0.3) is 0 Å².